The Hall–Kier alpha value is -3.62. The Balaban J connectivity index is 1.53. The molecular formula is C27H36FN5O3. The second-order valence-electron chi connectivity index (χ2n) is 10.3. The largest absolute Gasteiger partial charge is 0.368 e. The Kier molecular flexibility index (Phi) is 8.55. The molecule has 4 amide bonds. The molecule has 0 saturated carbocycles. The summed E-state index contributed by atoms with van der Waals surface area (Å²) < 4.78 is 13.5. The van der Waals surface area contributed by atoms with E-state index in [1.807, 2.05) is 58.9 Å². The van der Waals surface area contributed by atoms with Crippen molar-refractivity contribution in [3.8, 4) is 0 Å². The third kappa shape index (κ3) is 7.44. The summed E-state index contributed by atoms with van der Waals surface area (Å²) in [5.41, 5.74) is 1.59. The Morgan fingerprint density at radius 3 is 2.19 bits per heavy atom. The molecule has 1 aliphatic heterocycles. The van der Waals surface area contributed by atoms with E-state index in [9.17, 15) is 18.8 Å². The number of carbonyl (C=O) groups is 3. The summed E-state index contributed by atoms with van der Waals surface area (Å²) in [6.45, 7) is 11.8. The highest BCUT2D eigenvalue weighted by atomic mass is 19.1. The van der Waals surface area contributed by atoms with Crippen molar-refractivity contribution in [2.75, 3.05) is 42.9 Å². The standard InChI is InChI=1S/C27H36FN5O3/c1-19(2)33(26(36)30-27(3,4)5)18-24(34)29-22-9-11-23(12-10-22)31-13-15-32(16-14-31)25(35)20-7-6-8-21(28)17-20/h6-12,17,19H,13-16,18H2,1-5H3,(H,29,34)(H,30,36). The van der Waals surface area contributed by atoms with Crippen molar-refractivity contribution in [3.63, 3.8) is 0 Å². The van der Waals surface area contributed by atoms with Gasteiger partial charge in [-0.05, 0) is 77.1 Å². The number of benzene rings is 2. The fourth-order valence-corrected chi connectivity index (χ4v) is 3.96. The summed E-state index contributed by atoms with van der Waals surface area (Å²) in [7, 11) is 0. The van der Waals surface area contributed by atoms with Gasteiger partial charge in [-0.1, -0.05) is 6.07 Å². The maximum atomic E-state index is 13.5. The predicted octanol–water partition coefficient (Wildman–Crippen LogP) is 3.95. The van der Waals surface area contributed by atoms with Crippen molar-refractivity contribution in [2.45, 2.75) is 46.2 Å². The van der Waals surface area contributed by atoms with Crippen molar-refractivity contribution in [1.29, 1.82) is 0 Å². The van der Waals surface area contributed by atoms with Gasteiger partial charge in [0, 0.05) is 54.7 Å². The monoisotopic (exact) mass is 497 g/mol. The molecule has 0 atom stereocenters. The first-order valence-electron chi connectivity index (χ1n) is 12.2. The predicted molar refractivity (Wildman–Crippen MR) is 140 cm³/mol. The zero-order chi connectivity index (χ0) is 26.5. The Morgan fingerprint density at radius 1 is 1.00 bits per heavy atom. The first-order valence-corrected chi connectivity index (χ1v) is 12.2. The van der Waals surface area contributed by atoms with Crippen LogP contribution < -0.4 is 15.5 Å². The van der Waals surface area contributed by atoms with Gasteiger partial charge in [-0.3, -0.25) is 9.59 Å². The lowest BCUT2D eigenvalue weighted by atomic mass is 10.1. The molecule has 0 unspecified atom stereocenters. The number of hydrogen-bond acceptors (Lipinski definition) is 4. The van der Waals surface area contributed by atoms with E-state index in [-0.39, 0.29) is 30.4 Å². The van der Waals surface area contributed by atoms with Gasteiger partial charge < -0.3 is 25.3 Å². The van der Waals surface area contributed by atoms with E-state index in [4.69, 9.17) is 0 Å². The third-order valence-corrected chi connectivity index (χ3v) is 5.83. The number of rotatable bonds is 6. The molecule has 2 aromatic rings. The van der Waals surface area contributed by atoms with Crippen LogP contribution in [-0.2, 0) is 4.79 Å². The Morgan fingerprint density at radius 2 is 1.64 bits per heavy atom. The quantitative estimate of drug-likeness (QED) is 0.633. The average molecular weight is 498 g/mol. The lowest BCUT2D eigenvalue weighted by Gasteiger charge is -2.36. The van der Waals surface area contributed by atoms with Crippen LogP contribution >= 0.6 is 0 Å². The second-order valence-corrected chi connectivity index (χ2v) is 10.3. The fourth-order valence-electron chi connectivity index (χ4n) is 3.96. The molecule has 1 saturated heterocycles. The molecule has 2 aromatic carbocycles. The molecule has 36 heavy (non-hydrogen) atoms. The Labute approximate surface area is 212 Å². The van der Waals surface area contributed by atoms with Gasteiger partial charge in [-0.2, -0.15) is 0 Å². The number of urea groups is 1. The highest BCUT2D eigenvalue weighted by molar-refractivity contribution is 5.95. The van der Waals surface area contributed by atoms with Crippen LogP contribution in [0.4, 0.5) is 20.6 Å². The fraction of sp³-hybridized carbons (Fsp3) is 0.444. The maximum Gasteiger partial charge on any atom is 0.318 e. The molecule has 0 spiro atoms. The van der Waals surface area contributed by atoms with Crippen molar-refractivity contribution in [1.82, 2.24) is 15.1 Å². The summed E-state index contributed by atoms with van der Waals surface area (Å²) in [6.07, 6.45) is 0. The third-order valence-electron chi connectivity index (χ3n) is 5.83. The van der Waals surface area contributed by atoms with Crippen LogP contribution in [0.2, 0.25) is 0 Å². The minimum atomic E-state index is -0.420. The van der Waals surface area contributed by atoms with Crippen molar-refractivity contribution < 1.29 is 18.8 Å². The summed E-state index contributed by atoms with van der Waals surface area (Å²) in [5, 5.41) is 5.75. The number of halogens is 1. The van der Waals surface area contributed by atoms with E-state index in [0.717, 1.165) is 5.69 Å². The summed E-state index contributed by atoms with van der Waals surface area (Å²) >= 11 is 0. The van der Waals surface area contributed by atoms with E-state index >= 15 is 0 Å². The SMILES string of the molecule is CC(C)N(CC(=O)Nc1ccc(N2CCN(C(=O)c3cccc(F)c3)CC2)cc1)C(=O)NC(C)(C)C. The van der Waals surface area contributed by atoms with Gasteiger partial charge in [0.05, 0.1) is 0 Å². The van der Waals surface area contributed by atoms with Crippen molar-refractivity contribution in [2.24, 2.45) is 0 Å². The molecule has 0 aromatic heterocycles. The smallest absolute Gasteiger partial charge is 0.318 e. The molecule has 9 heteroatoms. The molecule has 3 rings (SSSR count). The zero-order valence-corrected chi connectivity index (χ0v) is 21.7. The van der Waals surface area contributed by atoms with Gasteiger partial charge in [0.2, 0.25) is 5.91 Å². The summed E-state index contributed by atoms with van der Waals surface area (Å²) in [4.78, 5) is 43.2. The molecule has 194 valence electrons. The van der Waals surface area contributed by atoms with Crippen LogP contribution in [0.25, 0.3) is 0 Å². The summed E-state index contributed by atoms with van der Waals surface area (Å²) in [6, 6.07) is 12.8. The highest BCUT2D eigenvalue weighted by Crippen LogP contribution is 2.20. The molecule has 1 aliphatic rings. The van der Waals surface area contributed by atoms with Crippen LogP contribution in [0.1, 0.15) is 45.0 Å². The first kappa shape index (κ1) is 27.0. The topological polar surface area (TPSA) is 85.0 Å². The highest BCUT2D eigenvalue weighted by Gasteiger charge is 2.25. The van der Waals surface area contributed by atoms with E-state index < -0.39 is 11.4 Å². The molecule has 0 bridgehead atoms. The molecule has 1 fully saturated rings. The normalized spacial score (nSPS) is 14.0. The number of amides is 4. The molecule has 0 aliphatic carbocycles. The number of piperazine rings is 1. The number of nitrogens with zero attached hydrogens (tertiary/aromatic N) is 3. The van der Waals surface area contributed by atoms with Gasteiger partial charge in [0.25, 0.3) is 5.91 Å². The van der Waals surface area contributed by atoms with Gasteiger partial charge in [0.1, 0.15) is 12.4 Å². The molecule has 1 heterocycles. The van der Waals surface area contributed by atoms with E-state index in [1.165, 1.54) is 17.0 Å². The van der Waals surface area contributed by atoms with E-state index in [0.29, 0.717) is 37.4 Å². The molecule has 8 nitrogen and oxygen atoms in total. The zero-order valence-electron chi connectivity index (χ0n) is 21.7. The minimum absolute atomic E-state index is 0.0529. The van der Waals surface area contributed by atoms with Crippen LogP contribution in [0.15, 0.2) is 48.5 Å². The second kappa shape index (κ2) is 11.4. The number of carbonyl (C=O) groups excluding carboxylic acids is 3. The number of anilines is 2. The molecular weight excluding hydrogens is 461 g/mol. The first-order chi connectivity index (χ1) is 16.9. The Bertz CT molecular complexity index is 1070. The van der Waals surface area contributed by atoms with Crippen LogP contribution in [0, 0.1) is 5.82 Å². The lowest BCUT2D eigenvalue weighted by molar-refractivity contribution is -0.117. The number of hydrogen-bond donors (Lipinski definition) is 2. The van der Waals surface area contributed by atoms with Gasteiger partial charge >= 0.3 is 6.03 Å². The van der Waals surface area contributed by atoms with Crippen molar-refractivity contribution in [3.05, 3.63) is 59.9 Å². The average Bonchev–Trinajstić information content (AvgIpc) is 2.81. The van der Waals surface area contributed by atoms with Crippen LogP contribution in [0.3, 0.4) is 0 Å². The van der Waals surface area contributed by atoms with Gasteiger partial charge in [-0.25, -0.2) is 9.18 Å². The molecule has 0 radical (unpaired) electrons. The maximum absolute atomic E-state index is 13.5. The van der Waals surface area contributed by atoms with Gasteiger partial charge in [0.15, 0.2) is 0 Å². The van der Waals surface area contributed by atoms with Crippen molar-refractivity contribution >= 4 is 29.2 Å². The lowest BCUT2D eigenvalue weighted by Crippen LogP contribution is -2.52. The van der Waals surface area contributed by atoms with E-state index in [2.05, 4.69) is 15.5 Å². The van der Waals surface area contributed by atoms with E-state index in [1.54, 1.807) is 17.0 Å². The summed E-state index contributed by atoms with van der Waals surface area (Å²) in [5.74, 6) is -0.861. The minimum Gasteiger partial charge on any atom is -0.368 e. The molecule has 2 N–H and O–H groups in total. The van der Waals surface area contributed by atoms with Crippen LogP contribution in [-0.4, -0.2) is 71.9 Å². The number of nitrogens with one attached hydrogen (secondary N) is 2. The van der Waals surface area contributed by atoms with Gasteiger partial charge in [-0.15, -0.1) is 0 Å². The van der Waals surface area contributed by atoms with Crippen LogP contribution in [0.5, 0.6) is 0 Å².